The van der Waals surface area contributed by atoms with Crippen molar-refractivity contribution < 1.29 is 19.0 Å². The van der Waals surface area contributed by atoms with Gasteiger partial charge >= 0.3 is 0 Å². The molecule has 1 amide bonds. The number of amides is 1. The van der Waals surface area contributed by atoms with Crippen LogP contribution in [0.4, 0.5) is 0 Å². The van der Waals surface area contributed by atoms with Crippen LogP contribution in [0.15, 0.2) is 78.9 Å². The normalized spacial score (nSPS) is 14.9. The lowest BCUT2D eigenvalue weighted by atomic mass is 10.0. The van der Waals surface area contributed by atoms with E-state index in [2.05, 4.69) is 22.3 Å². The van der Waals surface area contributed by atoms with Crippen LogP contribution in [0.3, 0.4) is 0 Å². The van der Waals surface area contributed by atoms with Crippen molar-refractivity contribution >= 4 is 5.91 Å². The van der Waals surface area contributed by atoms with Gasteiger partial charge in [-0.1, -0.05) is 48.5 Å². The molecule has 33 heavy (non-hydrogen) atoms. The van der Waals surface area contributed by atoms with E-state index < -0.39 is 0 Å². The molecule has 172 valence electrons. The number of hydrogen-bond donors (Lipinski definition) is 1. The molecule has 1 N–H and O–H groups in total. The van der Waals surface area contributed by atoms with Crippen LogP contribution in [-0.2, 0) is 11.3 Å². The Bertz CT molecular complexity index is 1020. The van der Waals surface area contributed by atoms with Crippen molar-refractivity contribution in [1.82, 2.24) is 10.2 Å². The van der Waals surface area contributed by atoms with Gasteiger partial charge in [-0.05, 0) is 35.9 Å². The van der Waals surface area contributed by atoms with E-state index in [0.29, 0.717) is 31.9 Å². The number of carbonyl (C=O) groups is 1. The molecule has 6 heteroatoms. The summed E-state index contributed by atoms with van der Waals surface area (Å²) in [6.45, 7) is 3.88. The van der Waals surface area contributed by atoms with Crippen molar-refractivity contribution in [1.29, 1.82) is 0 Å². The van der Waals surface area contributed by atoms with E-state index in [1.807, 2.05) is 66.7 Å². The second-order valence-corrected chi connectivity index (χ2v) is 7.91. The monoisotopic (exact) mass is 446 g/mol. The predicted octanol–water partition coefficient (Wildman–Crippen LogP) is 4.08. The highest BCUT2D eigenvalue weighted by Crippen LogP contribution is 2.24. The first-order valence-corrected chi connectivity index (χ1v) is 11.2. The van der Waals surface area contributed by atoms with Gasteiger partial charge in [-0.25, -0.2) is 0 Å². The second kappa shape index (κ2) is 11.5. The van der Waals surface area contributed by atoms with Gasteiger partial charge in [0.1, 0.15) is 18.1 Å². The van der Waals surface area contributed by atoms with Gasteiger partial charge in [0.15, 0.2) is 0 Å². The molecule has 4 rings (SSSR count). The molecule has 0 saturated carbocycles. The van der Waals surface area contributed by atoms with E-state index in [1.165, 1.54) is 0 Å². The van der Waals surface area contributed by atoms with Crippen molar-refractivity contribution in [2.24, 2.45) is 0 Å². The average Bonchev–Trinajstić information content (AvgIpc) is 2.89. The topological polar surface area (TPSA) is 60.0 Å². The summed E-state index contributed by atoms with van der Waals surface area (Å²) in [7, 11) is 1.66. The Balaban J connectivity index is 1.45. The molecule has 3 aromatic rings. The number of carbonyl (C=O) groups excluding carboxylic acids is 1. The molecule has 1 heterocycles. The fraction of sp³-hybridized carbons (Fsp3) is 0.296. The zero-order chi connectivity index (χ0) is 22.9. The van der Waals surface area contributed by atoms with Gasteiger partial charge in [0, 0.05) is 30.8 Å². The Morgan fingerprint density at radius 1 is 0.939 bits per heavy atom. The summed E-state index contributed by atoms with van der Waals surface area (Å²) < 4.78 is 16.7. The predicted molar refractivity (Wildman–Crippen MR) is 128 cm³/mol. The maximum Gasteiger partial charge on any atom is 0.251 e. The van der Waals surface area contributed by atoms with Gasteiger partial charge < -0.3 is 19.5 Å². The molecule has 1 aliphatic rings. The van der Waals surface area contributed by atoms with Crippen molar-refractivity contribution in [2.75, 3.05) is 40.0 Å². The summed E-state index contributed by atoms with van der Waals surface area (Å²) >= 11 is 0. The Morgan fingerprint density at radius 3 is 2.36 bits per heavy atom. The van der Waals surface area contributed by atoms with Crippen molar-refractivity contribution in [2.45, 2.75) is 12.6 Å². The molecule has 0 aromatic heterocycles. The van der Waals surface area contributed by atoms with Crippen LogP contribution in [0, 0.1) is 0 Å². The zero-order valence-corrected chi connectivity index (χ0v) is 18.9. The molecule has 0 radical (unpaired) electrons. The quantitative estimate of drug-likeness (QED) is 0.537. The molecular formula is C27H30N2O4. The molecule has 1 aliphatic heterocycles. The van der Waals surface area contributed by atoms with Crippen LogP contribution in [0.2, 0.25) is 0 Å². The number of para-hydroxylation sites is 1. The largest absolute Gasteiger partial charge is 0.497 e. The summed E-state index contributed by atoms with van der Waals surface area (Å²) in [6.07, 6.45) is 0. The third-order valence-electron chi connectivity index (χ3n) is 5.84. The summed E-state index contributed by atoms with van der Waals surface area (Å²) in [5, 5.41) is 3.15. The lowest BCUT2D eigenvalue weighted by molar-refractivity contribution is 0.0162. The molecule has 6 nitrogen and oxygen atoms in total. The van der Waals surface area contributed by atoms with Gasteiger partial charge in [0.05, 0.1) is 26.4 Å². The smallest absolute Gasteiger partial charge is 0.251 e. The minimum absolute atomic E-state index is 0.0523. The first-order valence-electron chi connectivity index (χ1n) is 11.2. The number of methoxy groups -OCH3 is 1. The average molecular weight is 447 g/mol. The third kappa shape index (κ3) is 6.12. The Kier molecular flexibility index (Phi) is 7.95. The minimum Gasteiger partial charge on any atom is -0.497 e. The fourth-order valence-corrected chi connectivity index (χ4v) is 4.00. The van der Waals surface area contributed by atoms with Crippen LogP contribution in [0.25, 0.3) is 0 Å². The summed E-state index contributed by atoms with van der Waals surface area (Å²) in [4.78, 5) is 15.5. The maximum atomic E-state index is 13.2. The van der Waals surface area contributed by atoms with Crippen molar-refractivity contribution in [3.05, 3.63) is 95.6 Å². The molecular weight excluding hydrogens is 416 g/mol. The number of ether oxygens (including phenoxy) is 3. The van der Waals surface area contributed by atoms with Crippen LogP contribution < -0.4 is 14.8 Å². The number of nitrogens with one attached hydrogen (secondary N) is 1. The van der Waals surface area contributed by atoms with Gasteiger partial charge in [-0.2, -0.15) is 0 Å². The number of hydrogen-bond acceptors (Lipinski definition) is 5. The highest BCUT2D eigenvalue weighted by Gasteiger charge is 2.24. The van der Waals surface area contributed by atoms with Gasteiger partial charge in [0.2, 0.25) is 0 Å². The van der Waals surface area contributed by atoms with Crippen LogP contribution in [0.1, 0.15) is 27.5 Å². The summed E-state index contributed by atoms with van der Waals surface area (Å²) in [5.74, 6) is 1.49. The highest BCUT2D eigenvalue weighted by atomic mass is 16.5. The molecule has 1 unspecified atom stereocenters. The van der Waals surface area contributed by atoms with Gasteiger partial charge in [-0.3, -0.25) is 9.69 Å². The molecule has 0 aliphatic carbocycles. The number of rotatable bonds is 9. The Morgan fingerprint density at radius 2 is 1.64 bits per heavy atom. The number of morpholine rings is 1. The molecule has 0 spiro atoms. The minimum atomic E-state index is -0.103. The Hall–Kier alpha value is -3.35. The standard InChI is InChI=1S/C27H30N2O4/c1-31-23-13-11-21(12-14-23)26(29-15-17-32-18-16-29)19-28-27(30)25-10-6-5-7-22(25)20-33-24-8-3-2-4-9-24/h2-14,26H,15-20H2,1H3,(H,28,30). The first-order chi connectivity index (χ1) is 16.2. The van der Waals surface area contributed by atoms with E-state index in [1.54, 1.807) is 7.11 Å². The van der Waals surface area contributed by atoms with E-state index in [4.69, 9.17) is 14.2 Å². The van der Waals surface area contributed by atoms with E-state index in [0.717, 1.165) is 35.7 Å². The van der Waals surface area contributed by atoms with E-state index in [9.17, 15) is 4.79 Å². The fourth-order valence-electron chi connectivity index (χ4n) is 4.00. The summed E-state index contributed by atoms with van der Waals surface area (Å²) in [6, 6.07) is 25.3. The van der Waals surface area contributed by atoms with E-state index >= 15 is 0 Å². The molecule has 1 atom stereocenters. The second-order valence-electron chi connectivity index (χ2n) is 7.91. The van der Waals surface area contributed by atoms with Crippen LogP contribution in [0.5, 0.6) is 11.5 Å². The number of benzene rings is 3. The molecule has 3 aromatic carbocycles. The lowest BCUT2D eigenvalue weighted by Crippen LogP contribution is -2.43. The highest BCUT2D eigenvalue weighted by molar-refractivity contribution is 5.95. The maximum absolute atomic E-state index is 13.2. The molecule has 1 saturated heterocycles. The van der Waals surface area contributed by atoms with Crippen molar-refractivity contribution in [3.8, 4) is 11.5 Å². The van der Waals surface area contributed by atoms with Gasteiger partial charge in [0.25, 0.3) is 5.91 Å². The van der Waals surface area contributed by atoms with Crippen LogP contribution in [-0.4, -0.2) is 50.8 Å². The summed E-state index contributed by atoms with van der Waals surface area (Å²) in [5.41, 5.74) is 2.62. The van der Waals surface area contributed by atoms with Gasteiger partial charge in [-0.15, -0.1) is 0 Å². The number of nitrogens with zero attached hydrogens (tertiary/aromatic N) is 1. The SMILES string of the molecule is COc1ccc(C(CNC(=O)c2ccccc2COc2ccccc2)N2CCOCC2)cc1. The van der Waals surface area contributed by atoms with E-state index in [-0.39, 0.29) is 11.9 Å². The Labute approximate surface area is 195 Å². The zero-order valence-electron chi connectivity index (χ0n) is 18.9. The first kappa shape index (κ1) is 22.8. The molecule has 1 fully saturated rings. The van der Waals surface area contributed by atoms with Crippen LogP contribution >= 0.6 is 0 Å². The van der Waals surface area contributed by atoms with Crippen molar-refractivity contribution in [3.63, 3.8) is 0 Å². The lowest BCUT2D eigenvalue weighted by Gasteiger charge is -2.35. The third-order valence-corrected chi connectivity index (χ3v) is 5.84. The molecule has 0 bridgehead atoms.